The average molecular weight is 376 g/mol. The van der Waals surface area contributed by atoms with E-state index in [9.17, 15) is 9.90 Å². The van der Waals surface area contributed by atoms with Gasteiger partial charge in [0, 0.05) is 29.7 Å². The number of carbonyl (C=O) groups is 1. The number of para-hydroxylation sites is 1. The summed E-state index contributed by atoms with van der Waals surface area (Å²) in [7, 11) is 1.65. The molecule has 2 aromatic carbocycles. The van der Waals surface area contributed by atoms with Crippen LogP contribution in [0.1, 0.15) is 30.9 Å². The number of aliphatic carboxylic acids is 1. The van der Waals surface area contributed by atoms with Gasteiger partial charge in [-0.05, 0) is 25.1 Å². The summed E-state index contributed by atoms with van der Waals surface area (Å²) in [4.78, 5) is 11.8. The Hall–Kier alpha value is -3.08. The van der Waals surface area contributed by atoms with Crippen molar-refractivity contribution in [1.29, 1.82) is 0 Å². The fourth-order valence-electron chi connectivity index (χ4n) is 4.93. The fourth-order valence-corrected chi connectivity index (χ4v) is 4.93. The Labute approximate surface area is 163 Å². The van der Waals surface area contributed by atoms with Crippen LogP contribution in [0.5, 0.6) is 11.5 Å². The van der Waals surface area contributed by atoms with Crippen molar-refractivity contribution in [3.63, 3.8) is 0 Å². The topological polar surface area (TPSA) is 58.8 Å². The number of benzene rings is 2. The normalized spacial score (nSPS) is 24.4. The molecule has 2 aromatic rings. The maximum atomic E-state index is 11.8. The van der Waals surface area contributed by atoms with Gasteiger partial charge in [0.2, 0.25) is 5.69 Å². The van der Waals surface area contributed by atoms with Crippen molar-refractivity contribution in [2.75, 3.05) is 13.7 Å². The number of hydrogen-bond acceptors (Lipinski definition) is 3. The minimum absolute atomic E-state index is 0.0510. The van der Waals surface area contributed by atoms with E-state index in [1.807, 2.05) is 37.3 Å². The summed E-state index contributed by atoms with van der Waals surface area (Å²) in [5.41, 5.74) is 4.75. The average Bonchev–Trinajstić information content (AvgIpc) is 2.94. The number of hydrogen-bond donors (Lipinski definition) is 1. The Bertz CT molecular complexity index is 1070. The third-order valence-electron chi connectivity index (χ3n) is 6.12. The van der Waals surface area contributed by atoms with E-state index in [0.717, 1.165) is 52.6 Å². The van der Waals surface area contributed by atoms with Crippen molar-refractivity contribution in [3.05, 3.63) is 59.2 Å². The van der Waals surface area contributed by atoms with Crippen LogP contribution in [-0.2, 0) is 10.2 Å². The number of fused-ring (bicyclic) bond motifs is 5. The fraction of sp³-hybridized carbons (Fsp3) is 0.304. The standard InChI is InChI=1S/C23H21NO4/c1-23(13-21(25)26)17-5-3-4-6-18(17)24-10-9-19-16(22(23)24)11-14-7-8-15(27-2)12-20(14)28-19/h3-8,11-12,19H,9-10,13H2,1-2H3/p+1. The molecule has 0 saturated heterocycles. The first kappa shape index (κ1) is 17.0. The van der Waals surface area contributed by atoms with Gasteiger partial charge < -0.3 is 14.6 Å². The predicted octanol–water partition coefficient (Wildman–Crippen LogP) is 3.77. The second-order valence-corrected chi connectivity index (χ2v) is 7.82. The highest BCUT2D eigenvalue weighted by Gasteiger charge is 2.55. The van der Waals surface area contributed by atoms with Gasteiger partial charge >= 0.3 is 5.97 Å². The first-order valence-corrected chi connectivity index (χ1v) is 9.54. The molecule has 28 heavy (non-hydrogen) atoms. The highest BCUT2D eigenvalue weighted by Crippen LogP contribution is 2.48. The highest BCUT2D eigenvalue weighted by molar-refractivity contribution is 6.12. The maximum absolute atomic E-state index is 11.8. The van der Waals surface area contributed by atoms with E-state index in [4.69, 9.17) is 9.47 Å². The van der Waals surface area contributed by atoms with E-state index >= 15 is 0 Å². The summed E-state index contributed by atoms with van der Waals surface area (Å²) in [5.74, 6) is 0.790. The molecule has 3 aliphatic rings. The van der Waals surface area contributed by atoms with E-state index in [-0.39, 0.29) is 12.5 Å². The van der Waals surface area contributed by atoms with Gasteiger partial charge in [-0.3, -0.25) is 4.79 Å². The molecule has 5 nitrogen and oxygen atoms in total. The lowest BCUT2D eigenvalue weighted by Gasteiger charge is -2.32. The summed E-state index contributed by atoms with van der Waals surface area (Å²) in [6.07, 6.45) is 2.99. The summed E-state index contributed by atoms with van der Waals surface area (Å²) >= 11 is 0. The molecule has 0 aromatic heterocycles. The van der Waals surface area contributed by atoms with Gasteiger partial charge in [-0.15, -0.1) is 0 Å². The predicted molar refractivity (Wildman–Crippen MR) is 106 cm³/mol. The molecule has 3 heterocycles. The smallest absolute Gasteiger partial charge is 0.304 e. The zero-order valence-electron chi connectivity index (χ0n) is 15.9. The van der Waals surface area contributed by atoms with Crippen LogP contribution in [0.4, 0.5) is 5.69 Å². The number of ether oxygens (including phenoxy) is 2. The molecule has 0 bridgehead atoms. The Balaban J connectivity index is 1.70. The quantitative estimate of drug-likeness (QED) is 0.829. The number of carboxylic acids is 1. The Morgan fingerprint density at radius 2 is 2.14 bits per heavy atom. The molecule has 1 N–H and O–H groups in total. The number of rotatable bonds is 3. The summed E-state index contributed by atoms with van der Waals surface area (Å²) in [6.45, 7) is 2.85. The second-order valence-electron chi connectivity index (χ2n) is 7.82. The van der Waals surface area contributed by atoms with Gasteiger partial charge in [-0.2, -0.15) is 4.58 Å². The number of nitrogens with zero attached hydrogens (tertiary/aromatic N) is 1. The van der Waals surface area contributed by atoms with Crippen LogP contribution in [-0.4, -0.2) is 41.1 Å². The molecule has 5 rings (SSSR count). The van der Waals surface area contributed by atoms with E-state index in [1.54, 1.807) is 7.11 Å². The molecule has 0 radical (unpaired) electrons. The molecule has 5 heteroatoms. The first-order valence-electron chi connectivity index (χ1n) is 9.54. The SMILES string of the molecule is COc1ccc2c(c1)OC1CC[N+]3=C(C1=C2)C(C)(CC(=O)O)c1ccccc13. The molecule has 0 fully saturated rings. The van der Waals surface area contributed by atoms with Crippen LogP contribution in [0.3, 0.4) is 0 Å². The van der Waals surface area contributed by atoms with Crippen molar-refractivity contribution in [3.8, 4) is 11.5 Å². The van der Waals surface area contributed by atoms with Crippen molar-refractivity contribution >= 4 is 23.4 Å². The Morgan fingerprint density at radius 3 is 2.93 bits per heavy atom. The molecule has 2 atom stereocenters. The Morgan fingerprint density at radius 1 is 1.32 bits per heavy atom. The van der Waals surface area contributed by atoms with Crippen LogP contribution in [0.2, 0.25) is 0 Å². The molecule has 0 aliphatic carbocycles. The van der Waals surface area contributed by atoms with Gasteiger partial charge in [0.15, 0.2) is 12.3 Å². The van der Waals surface area contributed by atoms with E-state index in [1.165, 1.54) is 0 Å². The van der Waals surface area contributed by atoms with Crippen molar-refractivity contribution in [1.82, 2.24) is 0 Å². The van der Waals surface area contributed by atoms with Gasteiger partial charge in [-0.1, -0.05) is 18.2 Å². The van der Waals surface area contributed by atoms with E-state index in [0.29, 0.717) is 0 Å². The second kappa shape index (κ2) is 5.96. The largest absolute Gasteiger partial charge is 0.497 e. The highest BCUT2D eigenvalue weighted by atomic mass is 16.5. The summed E-state index contributed by atoms with van der Waals surface area (Å²) in [5, 5.41) is 9.67. The number of methoxy groups -OCH3 is 1. The van der Waals surface area contributed by atoms with Crippen LogP contribution < -0.4 is 9.47 Å². The lowest BCUT2D eigenvalue weighted by molar-refractivity contribution is -0.444. The van der Waals surface area contributed by atoms with Gasteiger partial charge in [0.05, 0.1) is 24.5 Å². The molecule has 3 aliphatic heterocycles. The molecule has 0 amide bonds. The van der Waals surface area contributed by atoms with Crippen LogP contribution >= 0.6 is 0 Å². The van der Waals surface area contributed by atoms with Gasteiger partial charge in [-0.25, -0.2) is 0 Å². The lowest BCUT2D eigenvalue weighted by atomic mass is 9.72. The first-order chi connectivity index (χ1) is 13.5. The van der Waals surface area contributed by atoms with Gasteiger partial charge in [0.1, 0.15) is 17.6 Å². The van der Waals surface area contributed by atoms with Crippen LogP contribution in [0, 0.1) is 0 Å². The molecule has 0 saturated carbocycles. The zero-order chi connectivity index (χ0) is 19.5. The molecule has 0 spiro atoms. The molecule has 2 unspecified atom stereocenters. The van der Waals surface area contributed by atoms with Crippen molar-refractivity contribution in [2.45, 2.75) is 31.3 Å². The lowest BCUT2D eigenvalue weighted by Crippen LogP contribution is -2.45. The summed E-state index contributed by atoms with van der Waals surface area (Å²) in [6, 6.07) is 14.0. The zero-order valence-corrected chi connectivity index (χ0v) is 15.9. The minimum Gasteiger partial charge on any atom is -0.497 e. The van der Waals surface area contributed by atoms with Crippen LogP contribution in [0.15, 0.2) is 48.0 Å². The summed E-state index contributed by atoms with van der Waals surface area (Å²) < 4.78 is 14.0. The van der Waals surface area contributed by atoms with E-state index < -0.39 is 11.4 Å². The minimum atomic E-state index is -0.795. The third kappa shape index (κ3) is 2.32. The molecule has 142 valence electrons. The molecular formula is C23H22NO4+. The number of carboxylic acid groups (broad SMARTS) is 1. The van der Waals surface area contributed by atoms with Gasteiger partial charge in [0.25, 0.3) is 0 Å². The van der Waals surface area contributed by atoms with Crippen LogP contribution in [0.25, 0.3) is 6.08 Å². The monoisotopic (exact) mass is 376 g/mol. The Kier molecular flexibility index (Phi) is 3.63. The van der Waals surface area contributed by atoms with Crippen molar-refractivity contribution in [2.24, 2.45) is 0 Å². The third-order valence-corrected chi connectivity index (χ3v) is 6.12. The molecular weight excluding hydrogens is 354 g/mol. The van der Waals surface area contributed by atoms with E-state index in [2.05, 4.69) is 22.8 Å². The van der Waals surface area contributed by atoms with Crippen molar-refractivity contribution < 1.29 is 24.0 Å². The maximum Gasteiger partial charge on any atom is 0.304 e.